The van der Waals surface area contributed by atoms with Crippen molar-refractivity contribution in [3.8, 4) is 0 Å². The third-order valence-corrected chi connectivity index (χ3v) is 7.89. The van der Waals surface area contributed by atoms with Gasteiger partial charge in [-0.25, -0.2) is 23.2 Å². The standard InChI is InChI=1S/C18H29N5O3S.C6H8O7/c1-4-16(24)22-7-5-14(6-8-22)17-15(27(3,25)26)13-19-18(20-17)23-11-9-21(2)10-12-23;7-3(8)1-6(13,5(11)12)2-4(9)10/h13-14H,4-12H2,1-3H3;13H,1-2H2,(H,7,8)(H,9,10)(H,11,12). The van der Waals surface area contributed by atoms with E-state index in [0.29, 0.717) is 31.2 Å². The molecule has 2 fully saturated rings. The summed E-state index contributed by atoms with van der Waals surface area (Å²) in [4.78, 5) is 57.9. The Hall–Kier alpha value is -3.37. The number of piperazine rings is 1. The van der Waals surface area contributed by atoms with Crippen molar-refractivity contribution in [3.63, 3.8) is 0 Å². The number of carbonyl (C=O) groups excluding carboxylic acids is 1. The highest BCUT2D eigenvalue weighted by molar-refractivity contribution is 7.90. The van der Waals surface area contributed by atoms with Crippen LogP contribution in [0.1, 0.15) is 50.6 Å². The number of aromatic nitrogens is 2. The fourth-order valence-corrected chi connectivity index (χ4v) is 5.29. The van der Waals surface area contributed by atoms with Gasteiger partial charge in [-0.05, 0) is 19.9 Å². The summed E-state index contributed by atoms with van der Waals surface area (Å²) < 4.78 is 24.6. The molecule has 3 rings (SSSR count). The lowest BCUT2D eigenvalue weighted by molar-refractivity contribution is -0.170. The fraction of sp³-hybridized carbons (Fsp3) is 0.667. The number of aliphatic hydroxyl groups is 1. The van der Waals surface area contributed by atoms with E-state index in [1.807, 2.05) is 11.8 Å². The number of amides is 1. The molecule has 0 aromatic carbocycles. The van der Waals surface area contributed by atoms with Crippen LogP contribution in [0, 0.1) is 0 Å². The van der Waals surface area contributed by atoms with Crippen molar-refractivity contribution in [2.75, 3.05) is 57.5 Å². The van der Waals surface area contributed by atoms with Crippen LogP contribution in [0.5, 0.6) is 0 Å². The van der Waals surface area contributed by atoms with Crippen molar-refractivity contribution in [3.05, 3.63) is 11.9 Å². The number of likely N-dealkylation sites (tertiary alicyclic amines) is 1. The normalized spacial score (nSPS) is 17.1. The van der Waals surface area contributed by atoms with Gasteiger partial charge in [-0.1, -0.05) is 6.92 Å². The summed E-state index contributed by atoms with van der Waals surface area (Å²) in [6.07, 6.45) is 2.35. The predicted molar refractivity (Wildman–Crippen MR) is 141 cm³/mol. The summed E-state index contributed by atoms with van der Waals surface area (Å²) in [7, 11) is -1.32. The van der Waals surface area contributed by atoms with Crippen molar-refractivity contribution >= 4 is 39.6 Å². The maximum absolute atomic E-state index is 12.3. The number of sulfone groups is 1. The topological polar surface area (TPSA) is 219 Å². The van der Waals surface area contributed by atoms with Gasteiger partial charge in [0.1, 0.15) is 4.90 Å². The van der Waals surface area contributed by atoms with E-state index >= 15 is 0 Å². The van der Waals surface area contributed by atoms with Gasteiger partial charge in [-0.2, -0.15) is 0 Å². The van der Waals surface area contributed by atoms with Crippen LogP contribution in [-0.2, 0) is 29.0 Å². The maximum atomic E-state index is 12.3. The summed E-state index contributed by atoms with van der Waals surface area (Å²) in [5.41, 5.74) is -2.12. The van der Waals surface area contributed by atoms with Crippen molar-refractivity contribution in [1.82, 2.24) is 19.8 Å². The van der Waals surface area contributed by atoms with Crippen molar-refractivity contribution in [2.24, 2.45) is 0 Å². The van der Waals surface area contributed by atoms with Gasteiger partial charge in [0, 0.05) is 57.9 Å². The van der Waals surface area contributed by atoms with E-state index in [9.17, 15) is 27.6 Å². The molecule has 224 valence electrons. The molecule has 4 N–H and O–H groups in total. The second-order valence-corrected chi connectivity index (χ2v) is 12.0. The minimum absolute atomic E-state index is 0.0323. The van der Waals surface area contributed by atoms with Gasteiger partial charge in [0.25, 0.3) is 0 Å². The molecule has 1 aromatic rings. The molecule has 1 amide bonds. The first kappa shape index (κ1) is 32.8. The van der Waals surface area contributed by atoms with Gasteiger partial charge in [0.15, 0.2) is 15.4 Å². The van der Waals surface area contributed by atoms with Gasteiger partial charge in [0.2, 0.25) is 11.9 Å². The lowest BCUT2D eigenvalue weighted by Crippen LogP contribution is -2.45. The Kier molecular flexibility index (Phi) is 11.3. The molecule has 2 saturated heterocycles. The predicted octanol–water partition coefficient (Wildman–Crippen LogP) is -0.501. The number of hydrogen-bond donors (Lipinski definition) is 4. The lowest BCUT2D eigenvalue weighted by atomic mass is 9.93. The number of piperidine rings is 1. The van der Waals surface area contributed by atoms with Crippen LogP contribution < -0.4 is 4.90 Å². The van der Waals surface area contributed by atoms with Gasteiger partial charge < -0.3 is 35.1 Å². The highest BCUT2D eigenvalue weighted by atomic mass is 32.2. The average molecular weight is 588 g/mol. The first-order valence-electron chi connectivity index (χ1n) is 12.7. The van der Waals surface area contributed by atoms with Crippen LogP contribution in [0.4, 0.5) is 5.95 Å². The molecule has 0 unspecified atom stereocenters. The largest absolute Gasteiger partial charge is 0.481 e. The number of carboxylic acid groups (broad SMARTS) is 3. The molecule has 2 aliphatic heterocycles. The van der Waals surface area contributed by atoms with Crippen LogP contribution in [0.15, 0.2) is 11.1 Å². The third-order valence-electron chi connectivity index (χ3n) is 6.78. The lowest BCUT2D eigenvalue weighted by Gasteiger charge is -2.34. The molecule has 0 radical (unpaired) electrons. The fourth-order valence-electron chi connectivity index (χ4n) is 4.45. The molecule has 0 bridgehead atoms. The summed E-state index contributed by atoms with van der Waals surface area (Å²) in [5, 5.41) is 33.8. The van der Waals surface area contributed by atoms with Gasteiger partial charge in [-0.3, -0.25) is 14.4 Å². The average Bonchev–Trinajstić information content (AvgIpc) is 2.87. The molecule has 40 heavy (non-hydrogen) atoms. The molecule has 3 heterocycles. The van der Waals surface area contributed by atoms with E-state index in [1.165, 1.54) is 12.5 Å². The molecule has 0 spiro atoms. The third kappa shape index (κ3) is 9.09. The van der Waals surface area contributed by atoms with Crippen LogP contribution in [-0.4, -0.2) is 131 Å². The van der Waals surface area contributed by atoms with Gasteiger partial charge in [0.05, 0.1) is 24.7 Å². The minimum Gasteiger partial charge on any atom is -0.481 e. The molecular weight excluding hydrogens is 550 g/mol. The molecule has 15 nitrogen and oxygen atoms in total. The Morgan fingerprint density at radius 2 is 1.50 bits per heavy atom. The van der Waals surface area contributed by atoms with Crippen molar-refractivity contribution < 1.29 is 48.0 Å². The first-order chi connectivity index (χ1) is 18.6. The maximum Gasteiger partial charge on any atom is 0.336 e. The molecule has 1 aromatic heterocycles. The summed E-state index contributed by atoms with van der Waals surface area (Å²) in [6, 6.07) is 0. The van der Waals surface area contributed by atoms with E-state index < -0.39 is 46.2 Å². The molecule has 16 heteroatoms. The molecule has 0 saturated carbocycles. The van der Waals surface area contributed by atoms with Crippen LogP contribution >= 0.6 is 0 Å². The Morgan fingerprint density at radius 1 is 0.975 bits per heavy atom. The Bertz CT molecular complexity index is 1180. The van der Waals surface area contributed by atoms with E-state index in [4.69, 9.17) is 25.4 Å². The smallest absolute Gasteiger partial charge is 0.336 e. The number of nitrogens with zero attached hydrogens (tertiary/aromatic N) is 5. The SMILES string of the molecule is CCC(=O)N1CCC(c2nc(N3CCN(C)CC3)ncc2S(C)(=O)=O)CC1.O=C(O)CC(O)(CC(=O)O)C(=O)O. The van der Waals surface area contributed by atoms with E-state index in [2.05, 4.69) is 21.8 Å². The minimum atomic E-state index is -3.41. The van der Waals surface area contributed by atoms with Crippen LogP contribution in [0.3, 0.4) is 0 Å². The number of aliphatic carboxylic acids is 3. The molecular formula is C24H37N5O10S. The summed E-state index contributed by atoms with van der Waals surface area (Å²) >= 11 is 0. The first-order valence-corrected chi connectivity index (χ1v) is 14.6. The number of rotatable bonds is 9. The van der Waals surface area contributed by atoms with Gasteiger partial charge in [-0.15, -0.1) is 0 Å². The number of carboxylic acids is 3. The number of likely N-dealkylation sites (N-methyl/N-ethyl adjacent to an activating group) is 1. The zero-order valence-electron chi connectivity index (χ0n) is 22.8. The van der Waals surface area contributed by atoms with Crippen molar-refractivity contribution in [1.29, 1.82) is 0 Å². The van der Waals surface area contributed by atoms with Crippen molar-refractivity contribution in [2.45, 2.75) is 55.4 Å². The van der Waals surface area contributed by atoms with Crippen LogP contribution in [0.2, 0.25) is 0 Å². The molecule has 0 atom stereocenters. The highest BCUT2D eigenvalue weighted by Crippen LogP contribution is 2.32. The van der Waals surface area contributed by atoms with E-state index in [1.54, 1.807) is 0 Å². The summed E-state index contributed by atoms with van der Waals surface area (Å²) in [5.74, 6) is -4.23. The number of hydrogen-bond acceptors (Lipinski definition) is 11. The number of carbonyl (C=O) groups is 4. The second-order valence-electron chi connectivity index (χ2n) is 9.97. The quantitative estimate of drug-likeness (QED) is 0.286. The molecule has 2 aliphatic rings. The zero-order valence-corrected chi connectivity index (χ0v) is 23.6. The Morgan fingerprint density at radius 3 is 1.93 bits per heavy atom. The van der Waals surface area contributed by atoms with E-state index in [0.717, 1.165) is 39.0 Å². The van der Waals surface area contributed by atoms with Crippen LogP contribution in [0.25, 0.3) is 0 Å². The highest BCUT2D eigenvalue weighted by Gasteiger charge is 2.40. The zero-order chi connectivity index (χ0) is 30.3. The Balaban J connectivity index is 0.000000366. The van der Waals surface area contributed by atoms with Gasteiger partial charge >= 0.3 is 17.9 Å². The summed E-state index contributed by atoms with van der Waals surface area (Å²) in [6.45, 7) is 6.69. The molecule has 0 aliphatic carbocycles. The van der Waals surface area contributed by atoms with E-state index in [-0.39, 0.29) is 16.7 Å². The monoisotopic (exact) mass is 587 g/mol. The number of anilines is 1. The Labute approximate surface area is 232 Å². The second kappa shape index (κ2) is 13.8.